The third-order valence-electron chi connectivity index (χ3n) is 6.62. The highest BCUT2D eigenvalue weighted by Crippen LogP contribution is 2.32. The molecule has 0 heterocycles. The van der Waals surface area contributed by atoms with E-state index in [-0.39, 0.29) is 17.9 Å². The number of methoxy groups -OCH3 is 1. The monoisotopic (exact) mass is 571 g/mol. The van der Waals surface area contributed by atoms with Crippen LogP contribution in [0.1, 0.15) is 70.2 Å². The average molecular weight is 572 g/mol. The smallest absolute Gasteiger partial charge is 0.408 e. The fourth-order valence-corrected chi connectivity index (χ4v) is 4.93. The van der Waals surface area contributed by atoms with Gasteiger partial charge in [0.15, 0.2) is 0 Å². The van der Waals surface area contributed by atoms with E-state index in [9.17, 15) is 14.4 Å². The SMILES string of the molecule is CCC(C)N(C(=O)C(CCSC)NC(=O)OC(C)(C)C)C(C(=O)Nc1ccc(OC)cc1)c1c(C)cccc1C. The Morgan fingerprint density at radius 2 is 1.62 bits per heavy atom. The van der Waals surface area contributed by atoms with Gasteiger partial charge in [0.25, 0.3) is 5.91 Å². The first-order chi connectivity index (χ1) is 18.8. The number of carbonyl (C=O) groups is 3. The van der Waals surface area contributed by atoms with Gasteiger partial charge in [-0.3, -0.25) is 9.59 Å². The minimum absolute atomic E-state index is 0.296. The molecule has 3 atom stereocenters. The van der Waals surface area contributed by atoms with E-state index in [0.29, 0.717) is 30.0 Å². The molecule has 0 radical (unpaired) electrons. The fourth-order valence-electron chi connectivity index (χ4n) is 4.46. The van der Waals surface area contributed by atoms with Crippen molar-refractivity contribution in [3.05, 3.63) is 59.2 Å². The number of ether oxygens (including phenoxy) is 2. The molecule has 0 saturated heterocycles. The molecular weight excluding hydrogens is 526 g/mol. The predicted octanol–water partition coefficient (Wildman–Crippen LogP) is 6.27. The van der Waals surface area contributed by atoms with E-state index in [0.717, 1.165) is 16.7 Å². The molecule has 0 bridgehead atoms. The van der Waals surface area contributed by atoms with Crippen LogP contribution in [-0.4, -0.2) is 59.6 Å². The summed E-state index contributed by atoms with van der Waals surface area (Å²) >= 11 is 1.58. The summed E-state index contributed by atoms with van der Waals surface area (Å²) < 4.78 is 10.7. The maximum Gasteiger partial charge on any atom is 0.408 e. The summed E-state index contributed by atoms with van der Waals surface area (Å²) in [5.74, 6) is 0.654. The van der Waals surface area contributed by atoms with E-state index in [1.165, 1.54) is 0 Å². The Labute approximate surface area is 243 Å². The molecular formula is C31H45N3O5S. The largest absolute Gasteiger partial charge is 0.497 e. The highest BCUT2D eigenvalue weighted by atomic mass is 32.2. The highest BCUT2D eigenvalue weighted by Gasteiger charge is 2.39. The Balaban J connectivity index is 2.60. The second-order valence-corrected chi connectivity index (χ2v) is 11.9. The Bertz CT molecular complexity index is 1130. The number of thioether (sulfide) groups is 1. The number of amides is 3. The number of benzene rings is 2. The van der Waals surface area contributed by atoms with Gasteiger partial charge in [-0.25, -0.2) is 4.79 Å². The second kappa shape index (κ2) is 15.0. The zero-order valence-electron chi connectivity index (χ0n) is 25.3. The average Bonchev–Trinajstić information content (AvgIpc) is 2.89. The van der Waals surface area contributed by atoms with Gasteiger partial charge in [-0.1, -0.05) is 25.1 Å². The molecule has 2 N–H and O–H groups in total. The Morgan fingerprint density at radius 1 is 1.02 bits per heavy atom. The third kappa shape index (κ3) is 9.18. The minimum Gasteiger partial charge on any atom is -0.497 e. The molecule has 0 aliphatic heterocycles. The maximum atomic E-state index is 14.4. The number of rotatable bonds is 12. The first-order valence-corrected chi connectivity index (χ1v) is 15.0. The van der Waals surface area contributed by atoms with Crippen LogP contribution >= 0.6 is 11.8 Å². The van der Waals surface area contributed by atoms with Gasteiger partial charge in [-0.05, 0) is 107 Å². The third-order valence-corrected chi connectivity index (χ3v) is 7.26. The molecule has 2 aromatic rings. The lowest BCUT2D eigenvalue weighted by Gasteiger charge is -2.39. The van der Waals surface area contributed by atoms with Crippen LogP contribution in [0.15, 0.2) is 42.5 Å². The molecule has 0 aliphatic rings. The summed E-state index contributed by atoms with van der Waals surface area (Å²) in [5.41, 5.74) is 2.44. The van der Waals surface area contributed by atoms with Gasteiger partial charge in [-0.15, -0.1) is 0 Å². The molecule has 8 nitrogen and oxygen atoms in total. The number of hydrogen-bond donors (Lipinski definition) is 2. The van der Waals surface area contributed by atoms with Crippen LogP contribution in [0.2, 0.25) is 0 Å². The van der Waals surface area contributed by atoms with Gasteiger partial charge in [0.2, 0.25) is 5.91 Å². The minimum atomic E-state index is -0.928. The quantitative estimate of drug-likeness (QED) is 0.312. The number of hydrogen-bond acceptors (Lipinski definition) is 6. The van der Waals surface area contributed by atoms with Gasteiger partial charge in [-0.2, -0.15) is 11.8 Å². The predicted molar refractivity (Wildman–Crippen MR) is 163 cm³/mol. The first-order valence-electron chi connectivity index (χ1n) is 13.6. The van der Waals surface area contributed by atoms with Crippen molar-refractivity contribution in [3.63, 3.8) is 0 Å². The van der Waals surface area contributed by atoms with Crippen molar-refractivity contribution in [1.29, 1.82) is 0 Å². The maximum absolute atomic E-state index is 14.4. The molecule has 9 heteroatoms. The number of anilines is 1. The number of nitrogens with zero attached hydrogens (tertiary/aromatic N) is 1. The molecule has 3 amide bonds. The standard InChI is InChI=1S/C31H45N3O5S/c1-10-22(4)34(29(36)25(18-19-40-9)33-30(37)39-31(5,6)7)27(26-20(2)12-11-13-21(26)3)28(35)32-23-14-16-24(38-8)17-15-23/h11-17,22,25,27H,10,18-19H2,1-9H3,(H,32,35)(H,33,37). The zero-order chi connectivity index (χ0) is 30.0. The first kappa shape index (κ1) is 33.0. The number of carbonyl (C=O) groups excluding carboxylic acids is 3. The molecule has 0 spiro atoms. The van der Waals surface area contributed by atoms with Crippen LogP contribution in [0.25, 0.3) is 0 Å². The zero-order valence-corrected chi connectivity index (χ0v) is 26.1. The molecule has 0 fully saturated rings. The molecule has 0 aliphatic carbocycles. The van der Waals surface area contributed by atoms with Gasteiger partial charge in [0.05, 0.1) is 7.11 Å². The second-order valence-electron chi connectivity index (χ2n) is 10.9. The normalized spacial score (nSPS) is 13.5. The summed E-state index contributed by atoms with van der Waals surface area (Å²) in [6.45, 7) is 13.1. The van der Waals surface area contributed by atoms with Crippen molar-refractivity contribution in [2.45, 2.75) is 85.0 Å². The van der Waals surface area contributed by atoms with Gasteiger partial charge in [0.1, 0.15) is 23.4 Å². The molecule has 0 aromatic heterocycles. The van der Waals surface area contributed by atoms with Gasteiger partial charge in [0, 0.05) is 11.7 Å². The van der Waals surface area contributed by atoms with Crippen molar-refractivity contribution in [1.82, 2.24) is 10.2 Å². The molecule has 3 unspecified atom stereocenters. The van der Waals surface area contributed by atoms with E-state index < -0.39 is 23.8 Å². The number of aryl methyl sites for hydroxylation is 2. The molecule has 220 valence electrons. The number of alkyl carbamates (subject to hydrolysis) is 1. The molecule has 0 saturated carbocycles. The number of nitrogens with one attached hydrogen (secondary N) is 2. The van der Waals surface area contributed by atoms with Crippen LogP contribution in [-0.2, 0) is 14.3 Å². The topological polar surface area (TPSA) is 97.0 Å². The Morgan fingerprint density at radius 3 is 2.12 bits per heavy atom. The van der Waals surface area contributed by atoms with Gasteiger partial charge < -0.3 is 25.0 Å². The Hall–Kier alpha value is -3.20. The molecule has 40 heavy (non-hydrogen) atoms. The lowest BCUT2D eigenvalue weighted by Crippen LogP contribution is -2.55. The van der Waals surface area contributed by atoms with E-state index >= 15 is 0 Å². The summed E-state index contributed by atoms with van der Waals surface area (Å²) in [7, 11) is 1.58. The van der Waals surface area contributed by atoms with E-state index in [2.05, 4.69) is 10.6 Å². The fraction of sp³-hybridized carbons (Fsp3) is 0.516. The summed E-state index contributed by atoms with van der Waals surface area (Å²) in [5, 5.41) is 5.80. The van der Waals surface area contributed by atoms with E-state index in [1.807, 2.05) is 52.1 Å². The van der Waals surface area contributed by atoms with Crippen molar-refractivity contribution < 1.29 is 23.9 Å². The summed E-state index contributed by atoms with van der Waals surface area (Å²) in [6.07, 6.45) is 2.29. The van der Waals surface area contributed by atoms with Crippen molar-refractivity contribution in [2.75, 3.05) is 24.4 Å². The van der Waals surface area contributed by atoms with Crippen molar-refractivity contribution in [3.8, 4) is 5.75 Å². The highest BCUT2D eigenvalue weighted by molar-refractivity contribution is 7.98. The van der Waals surface area contributed by atoms with Gasteiger partial charge >= 0.3 is 6.09 Å². The molecule has 2 aromatic carbocycles. The summed E-state index contributed by atoms with van der Waals surface area (Å²) in [4.78, 5) is 42.9. The lowest BCUT2D eigenvalue weighted by atomic mass is 9.92. The van der Waals surface area contributed by atoms with Crippen molar-refractivity contribution >= 4 is 35.4 Å². The van der Waals surface area contributed by atoms with E-state index in [4.69, 9.17) is 9.47 Å². The van der Waals surface area contributed by atoms with Crippen molar-refractivity contribution in [2.24, 2.45) is 0 Å². The van der Waals surface area contributed by atoms with Crippen LogP contribution in [0.5, 0.6) is 5.75 Å². The lowest BCUT2D eigenvalue weighted by molar-refractivity contribution is -0.143. The van der Waals surface area contributed by atoms with Crippen LogP contribution in [0.4, 0.5) is 10.5 Å². The Kier molecular flexibility index (Phi) is 12.4. The van der Waals surface area contributed by atoms with E-state index in [1.54, 1.807) is 68.8 Å². The van der Waals surface area contributed by atoms with Crippen LogP contribution < -0.4 is 15.4 Å². The molecule has 2 rings (SSSR count). The summed E-state index contributed by atoms with van der Waals surface area (Å²) in [6, 6.07) is 10.8. The van der Waals surface area contributed by atoms with Crippen LogP contribution in [0, 0.1) is 13.8 Å². The van der Waals surface area contributed by atoms with Crippen LogP contribution in [0.3, 0.4) is 0 Å².